The van der Waals surface area contributed by atoms with Gasteiger partial charge in [-0.15, -0.1) is 0 Å². The maximum atomic E-state index is 9.92. The second-order valence-electron chi connectivity index (χ2n) is 5.68. The second kappa shape index (κ2) is 8.35. The molecular weight excluding hydrogens is 252 g/mol. The molecule has 1 heterocycles. The van der Waals surface area contributed by atoms with Crippen molar-refractivity contribution in [2.45, 2.75) is 57.8 Å². The van der Waals surface area contributed by atoms with Crippen LogP contribution < -0.4 is 5.32 Å². The Hall–Kier alpha value is -0.970. The van der Waals surface area contributed by atoms with Crippen LogP contribution in [-0.4, -0.2) is 35.5 Å². The van der Waals surface area contributed by atoms with Gasteiger partial charge in [0.1, 0.15) is 0 Å². The Balaban J connectivity index is 1.60. The Kier molecular flexibility index (Phi) is 6.43. The summed E-state index contributed by atoms with van der Waals surface area (Å²) in [6.45, 7) is 3.80. The predicted molar refractivity (Wildman–Crippen MR) is 79.5 cm³/mol. The number of hydrogen-bond acceptors (Lipinski definition) is 4. The van der Waals surface area contributed by atoms with Crippen molar-refractivity contribution in [2.24, 2.45) is 0 Å². The Morgan fingerprint density at radius 3 is 2.95 bits per heavy atom. The van der Waals surface area contributed by atoms with E-state index in [1.54, 1.807) is 6.20 Å². The van der Waals surface area contributed by atoms with Crippen LogP contribution in [0.2, 0.25) is 0 Å². The van der Waals surface area contributed by atoms with E-state index in [4.69, 9.17) is 4.74 Å². The molecule has 0 spiro atoms. The molecule has 1 unspecified atom stereocenters. The molecule has 2 rings (SSSR count). The highest BCUT2D eigenvalue weighted by Gasteiger charge is 2.15. The van der Waals surface area contributed by atoms with Gasteiger partial charge in [-0.25, -0.2) is 0 Å². The Labute approximate surface area is 121 Å². The molecule has 1 aromatic heterocycles. The highest BCUT2D eigenvalue weighted by Crippen LogP contribution is 2.20. The van der Waals surface area contributed by atoms with E-state index >= 15 is 0 Å². The summed E-state index contributed by atoms with van der Waals surface area (Å²) in [6, 6.07) is 2.00. The number of nitrogens with zero attached hydrogens (tertiary/aromatic N) is 1. The van der Waals surface area contributed by atoms with Gasteiger partial charge in [-0.2, -0.15) is 0 Å². The van der Waals surface area contributed by atoms with Gasteiger partial charge in [0.05, 0.1) is 18.8 Å². The molecule has 2 N–H and O–H groups in total. The summed E-state index contributed by atoms with van der Waals surface area (Å²) in [7, 11) is 0. The summed E-state index contributed by atoms with van der Waals surface area (Å²) < 4.78 is 5.77. The molecule has 0 aliphatic heterocycles. The molecule has 1 atom stereocenters. The number of aromatic nitrogens is 1. The van der Waals surface area contributed by atoms with Gasteiger partial charge in [0, 0.05) is 25.5 Å². The monoisotopic (exact) mass is 278 g/mol. The van der Waals surface area contributed by atoms with Crippen molar-refractivity contribution in [2.75, 3.05) is 13.2 Å². The number of nitrogens with one attached hydrogen (secondary N) is 1. The highest BCUT2D eigenvalue weighted by molar-refractivity contribution is 5.20. The normalized spacial score (nSPS) is 18.1. The minimum atomic E-state index is -0.436. The van der Waals surface area contributed by atoms with Crippen LogP contribution in [0.1, 0.15) is 43.2 Å². The van der Waals surface area contributed by atoms with Gasteiger partial charge >= 0.3 is 0 Å². The minimum absolute atomic E-state index is 0.360. The number of rotatable bonds is 7. The van der Waals surface area contributed by atoms with Gasteiger partial charge in [0.25, 0.3) is 0 Å². The molecule has 1 saturated carbocycles. The summed E-state index contributed by atoms with van der Waals surface area (Å²) in [5.74, 6) is 0. The van der Waals surface area contributed by atoms with Crippen molar-refractivity contribution < 1.29 is 9.84 Å². The lowest BCUT2D eigenvalue weighted by Gasteiger charge is -2.23. The zero-order valence-corrected chi connectivity index (χ0v) is 12.3. The molecule has 1 aromatic rings. The molecule has 112 valence electrons. The summed E-state index contributed by atoms with van der Waals surface area (Å²) in [5.41, 5.74) is 2.40. The van der Waals surface area contributed by atoms with Gasteiger partial charge in [0.15, 0.2) is 0 Å². The molecule has 1 fully saturated rings. The third kappa shape index (κ3) is 5.19. The average molecular weight is 278 g/mol. The van der Waals surface area contributed by atoms with E-state index in [0.29, 0.717) is 19.3 Å². The molecule has 0 amide bonds. The maximum Gasteiger partial charge on any atom is 0.0897 e. The van der Waals surface area contributed by atoms with E-state index in [1.165, 1.54) is 30.4 Å². The highest BCUT2D eigenvalue weighted by atomic mass is 16.5. The fraction of sp³-hybridized carbons (Fsp3) is 0.688. The van der Waals surface area contributed by atoms with E-state index in [-0.39, 0.29) is 0 Å². The summed E-state index contributed by atoms with van der Waals surface area (Å²) in [4.78, 5) is 4.11. The predicted octanol–water partition coefficient (Wildman–Crippen LogP) is 2.19. The fourth-order valence-corrected chi connectivity index (χ4v) is 2.59. The van der Waals surface area contributed by atoms with E-state index < -0.39 is 6.10 Å². The van der Waals surface area contributed by atoms with E-state index in [1.807, 2.05) is 12.3 Å². The smallest absolute Gasteiger partial charge is 0.0897 e. The van der Waals surface area contributed by atoms with Gasteiger partial charge in [-0.1, -0.05) is 19.3 Å². The molecule has 0 saturated heterocycles. The third-order valence-electron chi connectivity index (χ3n) is 3.92. The number of ether oxygens (including phenoxy) is 1. The van der Waals surface area contributed by atoms with Crippen molar-refractivity contribution >= 4 is 0 Å². The van der Waals surface area contributed by atoms with E-state index in [9.17, 15) is 5.11 Å². The molecule has 0 radical (unpaired) electrons. The third-order valence-corrected chi connectivity index (χ3v) is 3.92. The average Bonchev–Trinajstić information content (AvgIpc) is 2.48. The van der Waals surface area contributed by atoms with Gasteiger partial charge < -0.3 is 15.2 Å². The van der Waals surface area contributed by atoms with Gasteiger partial charge in [0.2, 0.25) is 0 Å². The molecular formula is C16H26N2O2. The van der Waals surface area contributed by atoms with Crippen molar-refractivity contribution in [1.82, 2.24) is 10.3 Å². The zero-order chi connectivity index (χ0) is 14.2. The first-order valence-corrected chi connectivity index (χ1v) is 7.65. The molecule has 0 aromatic carbocycles. The molecule has 1 aliphatic rings. The molecule has 1 aliphatic carbocycles. The van der Waals surface area contributed by atoms with Crippen LogP contribution in [0.5, 0.6) is 0 Å². The first-order chi connectivity index (χ1) is 9.75. The van der Waals surface area contributed by atoms with Crippen LogP contribution in [0.15, 0.2) is 18.5 Å². The first kappa shape index (κ1) is 15.4. The van der Waals surface area contributed by atoms with Crippen LogP contribution in [0.4, 0.5) is 0 Å². The van der Waals surface area contributed by atoms with E-state index in [2.05, 4.69) is 17.2 Å². The van der Waals surface area contributed by atoms with Crippen molar-refractivity contribution in [3.63, 3.8) is 0 Å². The second-order valence-corrected chi connectivity index (χ2v) is 5.68. The Morgan fingerprint density at radius 2 is 2.20 bits per heavy atom. The van der Waals surface area contributed by atoms with Crippen LogP contribution in [0.25, 0.3) is 0 Å². The van der Waals surface area contributed by atoms with Crippen LogP contribution in [-0.2, 0) is 11.3 Å². The largest absolute Gasteiger partial charge is 0.389 e. The summed E-state index contributed by atoms with van der Waals surface area (Å²) in [5, 5.41) is 13.2. The Bertz CT molecular complexity index is 392. The summed E-state index contributed by atoms with van der Waals surface area (Å²) >= 11 is 0. The Morgan fingerprint density at radius 1 is 1.40 bits per heavy atom. The van der Waals surface area contributed by atoms with Crippen molar-refractivity contribution in [3.05, 3.63) is 29.6 Å². The number of aryl methyl sites for hydroxylation is 1. The number of pyridine rings is 1. The van der Waals surface area contributed by atoms with Crippen LogP contribution in [0.3, 0.4) is 0 Å². The van der Waals surface area contributed by atoms with Crippen LogP contribution >= 0.6 is 0 Å². The van der Waals surface area contributed by atoms with E-state index in [0.717, 1.165) is 19.4 Å². The lowest BCUT2D eigenvalue weighted by molar-refractivity contribution is -0.0230. The molecule has 4 nitrogen and oxygen atoms in total. The SMILES string of the molecule is Cc1ccncc1CNCC(O)COC1CCCCC1. The van der Waals surface area contributed by atoms with Crippen molar-refractivity contribution in [1.29, 1.82) is 0 Å². The lowest BCUT2D eigenvalue weighted by Crippen LogP contribution is -2.32. The number of aliphatic hydroxyl groups excluding tert-OH is 1. The molecule has 0 bridgehead atoms. The molecule has 4 heteroatoms. The lowest BCUT2D eigenvalue weighted by atomic mass is 9.98. The quantitative estimate of drug-likeness (QED) is 0.803. The zero-order valence-electron chi connectivity index (χ0n) is 12.3. The minimum Gasteiger partial charge on any atom is -0.389 e. The van der Waals surface area contributed by atoms with Gasteiger partial charge in [-0.3, -0.25) is 4.98 Å². The maximum absolute atomic E-state index is 9.92. The topological polar surface area (TPSA) is 54.4 Å². The van der Waals surface area contributed by atoms with Gasteiger partial charge in [-0.05, 0) is 37.0 Å². The first-order valence-electron chi connectivity index (χ1n) is 7.65. The summed E-state index contributed by atoms with van der Waals surface area (Å²) in [6.07, 6.45) is 9.74. The van der Waals surface area contributed by atoms with Crippen molar-refractivity contribution in [3.8, 4) is 0 Å². The number of aliphatic hydroxyl groups is 1. The van der Waals surface area contributed by atoms with Crippen LogP contribution in [0, 0.1) is 6.92 Å². The fourth-order valence-electron chi connectivity index (χ4n) is 2.59. The standard InChI is InChI=1S/C16H26N2O2/c1-13-7-8-17-9-14(13)10-18-11-15(19)12-20-16-5-3-2-4-6-16/h7-9,15-16,18-19H,2-6,10-12H2,1H3. The number of hydrogen-bond donors (Lipinski definition) is 2. The molecule has 20 heavy (non-hydrogen) atoms.